The van der Waals surface area contributed by atoms with Gasteiger partial charge in [-0.25, -0.2) is 4.79 Å². The molecule has 0 fully saturated rings. The van der Waals surface area contributed by atoms with Crippen molar-refractivity contribution >= 4 is 57.9 Å². The molecule has 4 rings (SSSR count). The Hall–Kier alpha value is -3.27. The number of carbonyl (C=O) groups is 1. The van der Waals surface area contributed by atoms with Gasteiger partial charge in [0.15, 0.2) is 0 Å². The third-order valence-corrected chi connectivity index (χ3v) is 6.35. The molecule has 3 aromatic rings. The smallest absolute Gasteiger partial charge is 0.435 e. The summed E-state index contributed by atoms with van der Waals surface area (Å²) in [6.45, 7) is 0. The molecule has 0 bridgehead atoms. The topological polar surface area (TPSA) is 83.3 Å². The average molecular weight is 571 g/mol. The lowest BCUT2D eigenvalue weighted by Crippen LogP contribution is -2.42. The van der Waals surface area contributed by atoms with Gasteiger partial charge in [-0.15, -0.1) is 0 Å². The molecule has 0 saturated heterocycles. The number of aliphatic carboxylic acids is 1. The number of rotatable bonds is 7. The summed E-state index contributed by atoms with van der Waals surface area (Å²) in [5.41, 5.74) is 0.469. The van der Waals surface area contributed by atoms with E-state index in [1.807, 2.05) is 0 Å². The molecule has 0 radical (unpaired) electrons. The van der Waals surface area contributed by atoms with Gasteiger partial charge in [-0.3, -0.25) is 5.43 Å². The van der Waals surface area contributed by atoms with Gasteiger partial charge in [-0.05, 0) is 35.9 Å². The molecule has 3 aromatic carbocycles. The number of nitrogens with one attached hydrogen (secondary N) is 1. The van der Waals surface area contributed by atoms with Gasteiger partial charge in [-0.2, -0.15) is 18.3 Å². The van der Waals surface area contributed by atoms with E-state index in [1.165, 1.54) is 24.3 Å². The molecule has 1 aliphatic rings. The number of hydrazone groups is 1. The number of hydrogen-bond donors (Lipinski definition) is 2. The number of benzene rings is 3. The van der Waals surface area contributed by atoms with Gasteiger partial charge >= 0.3 is 12.1 Å². The SMILES string of the molecule is O=C(O)C(Cc1ccccc1)=NNc1cc(C2=NOC(c3cc(Cl)cc(Cl)c3)(C(F)(F)F)C2)ccc1Cl. The van der Waals surface area contributed by atoms with Crippen LogP contribution < -0.4 is 5.43 Å². The highest BCUT2D eigenvalue weighted by Crippen LogP contribution is 2.49. The Bertz CT molecular complexity index is 1380. The quantitative estimate of drug-likeness (QED) is 0.230. The number of halogens is 6. The second kappa shape index (κ2) is 10.6. The summed E-state index contributed by atoms with van der Waals surface area (Å²) in [7, 11) is 0. The third kappa shape index (κ3) is 5.84. The van der Waals surface area contributed by atoms with Crippen molar-refractivity contribution in [2.45, 2.75) is 24.6 Å². The number of carboxylic acid groups (broad SMARTS) is 1. The van der Waals surface area contributed by atoms with Crippen LogP contribution >= 0.6 is 34.8 Å². The van der Waals surface area contributed by atoms with E-state index in [0.29, 0.717) is 0 Å². The van der Waals surface area contributed by atoms with Crippen molar-refractivity contribution in [2.75, 3.05) is 5.43 Å². The number of oxime groups is 1. The molecule has 1 unspecified atom stereocenters. The minimum atomic E-state index is -4.85. The summed E-state index contributed by atoms with van der Waals surface area (Å²) in [5.74, 6) is -1.24. The van der Waals surface area contributed by atoms with Crippen LogP contribution in [0.25, 0.3) is 0 Å². The lowest BCUT2D eigenvalue weighted by molar-refractivity contribution is -0.275. The molecule has 0 aliphatic carbocycles. The van der Waals surface area contributed by atoms with Crippen LogP contribution in [-0.2, 0) is 21.7 Å². The van der Waals surface area contributed by atoms with E-state index in [-0.39, 0.29) is 49.7 Å². The summed E-state index contributed by atoms with van der Waals surface area (Å²) in [4.78, 5) is 16.7. The summed E-state index contributed by atoms with van der Waals surface area (Å²) in [6.07, 6.45) is -5.47. The number of hydrogen-bond acceptors (Lipinski definition) is 5. The zero-order valence-corrected chi connectivity index (χ0v) is 21.0. The van der Waals surface area contributed by atoms with Crippen LogP contribution in [0.4, 0.5) is 18.9 Å². The molecule has 1 aliphatic heterocycles. The van der Waals surface area contributed by atoms with E-state index >= 15 is 0 Å². The predicted molar refractivity (Wildman–Crippen MR) is 137 cm³/mol. The minimum absolute atomic E-state index is 0.0140. The van der Waals surface area contributed by atoms with Gasteiger partial charge < -0.3 is 9.94 Å². The Labute approximate surface area is 224 Å². The molecule has 6 nitrogen and oxygen atoms in total. The Morgan fingerprint density at radius 1 is 1.05 bits per heavy atom. The second-order valence-corrected chi connectivity index (χ2v) is 9.40. The van der Waals surface area contributed by atoms with Crippen LogP contribution in [0.2, 0.25) is 15.1 Å². The first kappa shape index (κ1) is 26.8. The first-order valence-electron chi connectivity index (χ1n) is 10.7. The molecule has 0 aromatic heterocycles. The van der Waals surface area contributed by atoms with Crippen LogP contribution in [0.3, 0.4) is 0 Å². The largest absolute Gasteiger partial charge is 0.477 e. The van der Waals surface area contributed by atoms with E-state index in [9.17, 15) is 23.1 Å². The molecule has 37 heavy (non-hydrogen) atoms. The first-order valence-corrected chi connectivity index (χ1v) is 11.8. The van der Waals surface area contributed by atoms with Crippen molar-refractivity contribution < 1.29 is 27.9 Å². The molecule has 0 saturated carbocycles. The standard InChI is InChI=1S/C25H17Cl3F3N3O3/c26-17-10-16(11-18(27)12-17)24(25(29,30)31)13-22(34-37-24)15-6-7-19(28)20(9-15)32-33-21(23(35)36)8-14-4-2-1-3-5-14/h1-7,9-12,32H,8,13H2,(H,35,36). The lowest BCUT2D eigenvalue weighted by atomic mass is 9.86. The minimum Gasteiger partial charge on any atom is -0.477 e. The zero-order valence-electron chi connectivity index (χ0n) is 18.7. The van der Waals surface area contributed by atoms with E-state index in [1.54, 1.807) is 30.3 Å². The van der Waals surface area contributed by atoms with Gasteiger partial charge in [0.1, 0.15) is 5.71 Å². The molecule has 0 amide bonds. The average Bonchev–Trinajstić information content (AvgIpc) is 3.30. The first-order chi connectivity index (χ1) is 17.5. The third-order valence-electron chi connectivity index (χ3n) is 5.59. The van der Waals surface area contributed by atoms with E-state index in [0.717, 1.165) is 17.7 Å². The van der Waals surface area contributed by atoms with E-state index in [2.05, 4.69) is 15.7 Å². The van der Waals surface area contributed by atoms with Crippen LogP contribution in [0.15, 0.2) is 77.0 Å². The number of nitrogens with zero attached hydrogens (tertiary/aromatic N) is 2. The summed E-state index contributed by atoms with van der Waals surface area (Å²) >= 11 is 18.1. The Morgan fingerprint density at radius 2 is 1.73 bits per heavy atom. The fraction of sp³-hybridized carbons (Fsp3) is 0.160. The zero-order chi connectivity index (χ0) is 26.8. The predicted octanol–water partition coefficient (Wildman–Crippen LogP) is 7.32. The van der Waals surface area contributed by atoms with Crippen molar-refractivity contribution in [3.63, 3.8) is 0 Å². The maximum absolute atomic E-state index is 14.3. The van der Waals surface area contributed by atoms with Crippen molar-refractivity contribution in [1.29, 1.82) is 0 Å². The van der Waals surface area contributed by atoms with Gasteiger partial charge in [0.2, 0.25) is 0 Å². The maximum atomic E-state index is 14.3. The Morgan fingerprint density at radius 3 is 2.35 bits per heavy atom. The highest BCUT2D eigenvalue weighted by atomic mass is 35.5. The summed E-state index contributed by atoms with van der Waals surface area (Å²) in [6, 6.07) is 16.7. The molecule has 0 spiro atoms. The van der Waals surface area contributed by atoms with Gasteiger partial charge in [0.25, 0.3) is 5.60 Å². The molecule has 2 N–H and O–H groups in total. The number of carboxylic acids is 1. The normalized spacial score (nSPS) is 17.8. The highest BCUT2D eigenvalue weighted by molar-refractivity contribution is 6.36. The maximum Gasteiger partial charge on any atom is 0.435 e. The monoisotopic (exact) mass is 569 g/mol. The lowest BCUT2D eigenvalue weighted by Gasteiger charge is -2.29. The summed E-state index contributed by atoms with van der Waals surface area (Å²) in [5, 5.41) is 17.4. The van der Waals surface area contributed by atoms with Crippen LogP contribution in [0, 0.1) is 0 Å². The molecule has 1 heterocycles. The molecular weight excluding hydrogens is 554 g/mol. The van der Waals surface area contributed by atoms with Gasteiger partial charge in [0.05, 0.1) is 16.4 Å². The highest BCUT2D eigenvalue weighted by Gasteiger charge is 2.62. The summed E-state index contributed by atoms with van der Waals surface area (Å²) < 4.78 is 42.8. The van der Waals surface area contributed by atoms with Gasteiger partial charge in [0, 0.05) is 34.0 Å². The fourth-order valence-corrected chi connectivity index (χ4v) is 4.40. The number of anilines is 1. The number of alkyl halides is 3. The van der Waals surface area contributed by atoms with Crippen LogP contribution in [0.5, 0.6) is 0 Å². The molecule has 12 heteroatoms. The van der Waals surface area contributed by atoms with Crippen molar-refractivity contribution in [1.82, 2.24) is 0 Å². The Balaban J connectivity index is 1.61. The Kier molecular flexibility index (Phi) is 7.68. The molecule has 1 atom stereocenters. The van der Waals surface area contributed by atoms with Gasteiger partial charge in [-0.1, -0.05) is 76.4 Å². The van der Waals surface area contributed by atoms with Crippen molar-refractivity contribution in [2.24, 2.45) is 10.3 Å². The van der Waals surface area contributed by atoms with Crippen molar-refractivity contribution in [3.8, 4) is 0 Å². The van der Waals surface area contributed by atoms with E-state index in [4.69, 9.17) is 39.6 Å². The van der Waals surface area contributed by atoms with E-state index < -0.39 is 24.2 Å². The molecular formula is C25H17Cl3F3N3O3. The molecule has 192 valence electrons. The van der Waals surface area contributed by atoms with Crippen molar-refractivity contribution in [3.05, 3.63) is 98.5 Å². The second-order valence-electron chi connectivity index (χ2n) is 8.12. The fourth-order valence-electron chi connectivity index (χ4n) is 3.72. The van der Waals surface area contributed by atoms with Crippen LogP contribution in [0.1, 0.15) is 23.1 Å². The van der Waals surface area contributed by atoms with Crippen LogP contribution in [-0.4, -0.2) is 28.7 Å².